The van der Waals surface area contributed by atoms with E-state index in [1.807, 2.05) is 18.2 Å². The summed E-state index contributed by atoms with van der Waals surface area (Å²) < 4.78 is 0. The van der Waals surface area contributed by atoms with Crippen LogP contribution in [-0.2, 0) is 11.2 Å². The zero-order chi connectivity index (χ0) is 17.4. The molecule has 1 unspecified atom stereocenters. The Morgan fingerprint density at radius 3 is 2.36 bits per heavy atom. The van der Waals surface area contributed by atoms with Gasteiger partial charge in [0, 0.05) is 0 Å². The van der Waals surface area contributed by atoms with E-state index in [-0.39, 0.29) is 18.5 Å². The van der Waals surface area contributed by atoms with E-state index in [9.17, 15) is 14.4 Å². The predicted molar refractivity (Wildman–Crippen MR) is 92.1 cm³/mol. The van der Waals surface area contributed by atoms with Crippen molar-refractivity contribution in [1.82, 2.24) is 10.2 Å². The van der Waals surface area contributed by atoms with Crippen molar-refractivity contribution in [2.75, 3.05) is 6.54 Å². The molecule has 2 aromatic carbocycles. The molecular weight excluding hydrogens is 316 g/mol. The summed E-state index contributed by atoms with van der Waals surface area (Å²) in [6.45, 7) is -0.245. The molecule has 1 atom stereocenters. The number of fused-ring (bicyclic) bond motifs is 2. The summed E-state index contributed by atoms with van der Waals surface area (Å²) in [5, 5.41) is 2.98. The number of aryl methyl sites for hydroxylation is 1. The average molecular weight is 334 g/mol. The zero-order valence-corrected chi connectivity index (χ0v) is 13.7. The standard InChI is InChI=1S/C20H18N2O3/c23-18(21-17-11-5-7-13-6-1-2-8-14(13)17)12-22-19(24)15-9-3-4-10-16(15)20(22)25/h1-4,6,8-10,17H,5,7,11-12H2,(H,21,23). The highest BCUT2D eigenvalue weighted by Gasteiger charge is 2.36. The van der Waals surface area contributed by atoms with Crippen LogP contribution in [0.1, 0.15) is 50.7 Å². The Bertz CT molecular complexity index is 840. The van der Waals surface area contributed by atoms with E-state index in [0.717, 1.165) is 29.7 Å². The zero-order valence-electron chi connectivity index (χ0n) is 13.7. The number of carbonyl (C=O) groups excluding carboxylic acids is 3. The van der Waals surface area contributed by atoms with Crippen molar-refractivity contribution in [1.29, 1.82) is 0 Å². The highest BCUT2D eigenvalue weighted by atomic mass is 16.2. The van der Waals surface area contributed by atoms with Gasteiger partial charge in [-0.1, -0.05) is 36.4 Å². The normalized spacial score (nSPS) is 18.7. The van der Waals surface area contributed by atoms with Crippen molar-refractivity contribution in [2.45, 2.75) is 25.3 Å². The number of benzene rings is 2. The van der Waals surface area contributed by atoms with Crippen LogP contribution < -0.4 is 5.32 Å². The number of amides is 3. The lowest BCUT2D eigenvalue weighted by molar-refractivity contribution is -0.122. The summed E-state index contributed by atoms with van der Waals surface area (Å²) in [6.07, 6.45) is 2.89. The molecule has 0 saturated heterocycles. The van der Waals surface area contributed by atoms with Crippen molar-refractivity contribution in [3.05, 3.63) is 70.8 Å². The molecule has 1 heterocycles. The van der Waals surface area contributed by atoms with Crippen LogP contribution in [0.2, 0.25) is 0 Å². The molecule has 25 heavy (non-hydrogen) atoms. The van der Waals surface area contributed by atoms with Gasteiger partial charge in [0.25, 0.3) is 11.8 Å². The van der Waals surface area contributed by atoms with Gasteiger partial charge in [-0.3, -0.25) is 19.3 Å². The van der Waals surface area contributed by atoms with Crippen molar-refractivity contribution >= 4 is 17.7 Å². The second kappa shape index (κ2) is 6.16. The van der Waals surface area contributed by atoms with Crippen molar-refractivity contribution in [2.24, 2.45) is 0 Å². The minimum atomic E-state index is -0.403. The van der Waals surface area contributed by atoms with Gasteiger partial charge in [0.1, 0.15) is 6.54 Å². The summed E-state index contributed by atoms with van der Waals surface area (Å²) in [5.41, 5.74) is 3.11. The highest BCUT2D eigenvalue weighted by Crippen LogP contribution is 2.29. The summed E-state index contributed by atoms with van der Waals surface area (Å²) >= 11 is 0. The molecule has 2 aliphatic rings. The molecule has 0 spiro atoms. The van der Waals surface area contributed by atoms with Crippen molar-refractivity contribution in [3.63, 3.8) is 0 Å². The van der Waals surface area contributed by atoms with Crippen LogP contribution in [0.3, 0.4) is 0 Å². The molecule has 2 aromatic rings. The molecule has 0 radical (unpaired) electrons. The van der Waals surface area contributed by atoms with Gasteiger partial charge >= 0.3 is 0 Å². The van der Waals surface area contributed by atoms with Crippen LogP contribution in [0.25, 0.3) is 0 Å². The third-order valence-corrected chi connectivity index (χ3v) is 4.88. The van der Waals surface area contributed by atoms with Crippen LogP contribution in [0.5, 0.6) is 0 Å². The van der Waals surface area contributed by atoms with Gasteiger partial charge in [-0.25, -0.2) is 0 Å². The fraction of sp³-hybridized carbons (Fsp3) is 0.250. The molecular formula is C20H18N2O3. The molecule has 126 valence electrons. The Balaban J connectivity index is 1.48. The molecule has 4 rings (SSSR count). The van der Waals surface area contributed by atoms with Gasteiger partial charge in [-0.05, 0) is 42.5 Å². The molecule has 5 heteroatoms. The Labute approximate surface area is 145 Å². The van der Waals surface area contributed by atoms with Crippen LogP contribution in [0.4, 0.5) is 0 Å². The summed E-state index contributed by atoms with van der Waals surface area (Å²) in [7, 11) is 0. The van der Waals surface area contributed by atoms with Crippen molar-refractivity contribution < 1.29 is 14.4 Å². The first-order chi connectivity index (χ1) is 12.1. The Kier molecular flexibility index (Phi) is 3.84. The van der Waals surface area contributed by atoms with Gasteiger partial charge in [-0.2, -0.15) is 0 Å². The quantitative estimate of drug-likeness (QED) is 0.877. The Hall–Kier alpha value is -2.95. The third-order valence-electron chi connectivity index (χ3n) is 4.88. The lowest BCUT2D eigenvalue weighted by atomic mass is 9.88. The molecule has 1 aliphatic carbocycles. The minimum Gasteiger partial charge on any atom is -0.348 e. The van der Waals surface area contributed by atoms with Gasteiger partial charge in [0.2, 0.25) is 5.91 Å². The molecule has 0 fully saturated rings. The third kappa shape index (κ3) is 2.71. The van der Waals surface area contributed by atoms with Gasteiger partial charge in [0.05, 0.1) is 17.2 Å². The smallest absolute Gasteiger partial charge is 0.262 e. The van der Waals surface area contributed by atoms with E-state index in [1.165, 1.54) is 5.56 Å². The fourth-order valence-corrected chi connectivity index (χ4v) is 3.67. The average Bonchev–Trinajstić information content (AvgIpc) is 2.87. The van der Waals surface area contributed by atoms with Gasteiger partial charge < -0.3 is 5.32 Å². The maximum absolute atomic E-state index is 12.5. The number of nitrogens with one attached hydrogen (secondary N) is 1. The maximum atomic E-state index is 12.5. The molecule has 0 saturated carbocycles. The number of hydrogen-bond donors (Lipinski definition) is 1. The second-order valence-corrected chi connectivity index (χ2v) is 6.45. The van der Waals surface area contributed by atoms with E-state index in [1.54, 1.807) is 24.3 Å². The lowest BCUT2D eigenvalue weighted by Gasteiger charge is -2.27. The van der Waals surface area contributed by atoms with Crippen LogP contribution in [0, 0.1) is 0 Å². The maximum Gasteiger partial charge on any atom is 0.262 e. The summed E-state index contributed by atoms with van der Waals surface area (Å²) in [6, 6.07) is 14.7. The highest BCUT2D eigenvalue weighted by molar-refractivity contribution is 6.22. The molecule has 3 amide bonds. The largest absolute Gasteiger partial charge is 0.348 e. The first-order valence-electron chi connectivity index (χ1n) is 8.47. The first kappa shape index (κ1) is 15.6. The second-order valence-electron chi connectivity index (χ2n) is 6.45. The van der Waals surface area contributed by atoms with E-state index < -0.39 is 11.8 Å². The SMILES string of the molecule is O=C(CN1C(=O)c2ccccc2C1=O)NC1CCCc2ccccc21. The Morgan fingerprint density at radius 2 is 1.64 bits per heavy atom. The number of nitrogens with zero attached hydrogens (tertiary/aromatic N) is 1. The number of rotatable bonds is 3. The first-order valence-corrected chi connectivity index (χ1v) is 8.47. The summed E-state index contributed by atoms with van der Waals surface area (Å²) in [4.78, 5) is 38.2. The van der Waals surface area contributed by atoms with Crippen LogP contribution in [0.15, 0.2) is 48.5 Å². The topological polar surface area (TPSA) is 66.5 Å². The predicted octanol–water partition coefficient (Wildman–Crippen LogP) is 2.48. The molecule has 5 nitrogen and oxygen atoms in total. The van der Waals surface area contributed by atoms with Gasteiger partial charge in [0.15, 0.2) is 0 Å². The monoisotopic (exact) mass is 334 g/mol. The number of imide groups is 1. The number of hydrogen-bond acceptors (Lipinski definition) is 3. The van der Waals surface area contributed by atoms with E-state index in [0.29, 0.717) is 11.1 Å². The van der Waals surface area contributed by atoms with Crippen molar-refractivity contribution in [3.8, 4) is 0 Å². The minimum absolute atomic E-state index is 0.0624. The molecule has 0 bridgehead atoms. The van der Waals surface area contributed by atoms with Crippen LogP contribution >= 0.6 is 0 Å². The van der Waals surface area contributed by atoms with E-state index in [2.05, 4.69) is 11.4 Å². The van der Waals surface area contributed by atoms with Gasteiger partial charge in [-0.15, -0.1) is 0 Å². The van der Waals surface area contributed by atoms with E-state index in [4.69, 9.17) is 0 Å². The lowest BCUT2D eigenvalue weighted by Crippen LogP contribution is -2.42. The Morgan fingerprint density at radius 1 is 1.00 bits per heavy atom. The number of carbonyl (C=O) groups is 3. The summed E-state index contributed by atoms with van der Waals surface area (Å²) in [5.74, 6) is -1.12. The van der Waals surface area contributed by atoms with Crippen LogP contribution in [-0.4, -0.2) is 29.2 Å². The molecule has 1 aliphatic heterocycles. The molecule has 0 aromatic heterocycles. The fourth-order valence-electron chi connectivity index (χ4n) is 3.67. The van der Waals surface area contributed by atoms with E-state index >= 15 is 0 Å². The molecule has 1 N–H and O–H groups in total.